The molecule has 0 atom stereocenters. The van der Waals surface area contributed by atoms with Gasteiger partial charge >= 0.3 is 0 Å². The van der Waals surface area contributed by atoms with Crippen molar-refractivity contribution in [3.05, 3.63) is 364 Å². The van der Waals surface area contributed by atoms with Crippen molar-refractivity contribution in [2.24, 2.45) is 0 Å². The highest BCUT2D eigenvalue weighted by Crippen LogP contribution is 2.47. The molecule has 0 saturated heterocycles. The Bertz CT molecular complexity index is 8070. The quantitative estimate of drug-likeness (QED) is 0.128. The molecule has 114 heavy (non-hydrogen) atoms. The van der Waals surface area contributed by atoms with E-state index in [1.54, 1.807) is 0 Å². The fourth-order valence-electron chi connectivity index (χ4n) is 17.7. The van der Waals surface area contributed by atoms with Gasteiger partial charge in [0.15, 0.2) is 23.3 Å². The SMILES string of the molecule is c1ccc(-c2nc(-c3ccccc3)nc(-n3c4ccccc4c4cc(-c5ccc6c(c5)c5ccccc5n6-c5ccc6sc7c(-c8cccc(-c9nc(-c%10ccccc%10)nc(-n%10c%11ccccc%11c%11cc(-c%12ccc%13c(c%12)c%12ccccc%12n%13-c%12cccc%13c%12sc%12ccccc%12%13)ccc%11%10)n9)c8)cccc7c6c5)ccc43)n2)cc1. The summed E-state index contributed by atoms with van der Waals surface area (Å²) < 4.78 is 14.3. The molecule has 0 radical (unpaired) electrons. The summed E-state index contributed by atoms with van der Waals surface area (Å²) in [4.78, 5) is 31.6. The second-order valence-corrected chi connectivity index (χ2v) is 31.4. The van der Waals surface area contributed by atoms with Gasteiger partial charge in [-0.15, -0.1) is 22.7 Å². The van der Waals surface area contributed by atoms with Crippen molar-refractivity contribution < 1.29 is 0 Å². The van der Waals surface area contributed by atoms with Gasteiger partial charge in [-0.3, -0.25) is 9.13 Å². The minimum atomic E-state index is 0.546. The van der Waals surface area contributed by atoms with Crippen LogP contribution in [0.1, 0.15) is 0 Å². The molecule has 24 rings (SSSR count). The van der Waals surface area contributed by atoms with Gasteiger partial charge in [0.2, 0.25) is 11.9 Å². The second-order valence-electron chi connectivity index (χ2n) is 29.3. The van der Waals surface area contributed by atoms with Crippen LogP contribution in [0, 0.1) is 0 Å². The van der Waals surface area contributed by atoms with Gasteiger partial charge in [0, 0.05) is 107 Å². The number of nitrogens with zero attached hydrogens (tertiary/aromatic N) is 10. The minimum absolute atomic E-state index is 0.546. The largest absolute Gasteiger partial charge is 0.309 e. The van der Waals surface area contributed by atoms with Crippen LogP contribution in [0.15, 0.2) is 364 Å². The van der Waals surface area contributed by atoms with Crippen molar-refractivity contribution in [1.29, 1.82) is 0 Å². The first-order valence-corrected chi connectivity index (χ1v) is 39.9. The molecule has 0 unspecified atom stereocenters. The first-order chi connectivity index (χ1) is 56.5. The summed E-state index contributed by atoms with van der Waals surface area (Å²) in [5.41, 5.74) is 21.4. The van der Waals surface area contributed by atoms with Crippen molar-refractivity contribution >= 4 is 150 Å². The molecule has 530 valence electrons. The fourth-order valence-corrected chi connectivity index (χ4v) is 20.1. The Morgan fingerprint density at radius 3 is 1.04 bits per heavy atom. The lowest BCUT2D eigenvalue weighted by atomic mass is 10.0. The highest BCUT2D eigenvalue weighted by Gasteiger charge is 2.25. The molecular formula is C102H60N10S2. The number of aromatic nitrogens is 10. The summed E-state index contributed by atoms with van der Waals surface area (Å²) in [5.74, 6) is 3.53. The van der Waals surface area contributed by atoms with E-state index in [2.05, 4.69) is 303 Å². The van der Waals surface area contributed by atoms with Crippen LogP contribution < -0.4 is 0 Å². The third-order valence-corrected chi connectivity index (χ3v) is 25.3. The molecule has 8 aromatic heterocycles. The number of hydrogen-bond acceptors (Lipinski definition) is 8. The standard InChI is InChI=1S/C102H60N10S2/c1-4-23-61(24-5-1)97-103-98(62-25-6-2-7-26-62)106-101(105-97)111-86-41-17-12-33-74(86)81-58-66(47-52-90(81)111)64-45-50-88-79(56-64)72-31-10-15-39-84(72)109(88)70-49-54-94-83(60-70)78-37-21-36-71(95(78)113-94)68-29-20-30-69(55-68)100-104-99(63-27-8-3-9-28-63)107-102(108-100)112-87-42-18-13-34-75(87)82-59-67(48-53-91(82)112)65-46-51-89-80(57-65)73-32-11-16-40-85(73)110(89)92-43-22-38-77-76-35-14-19-44-93(76)114-96(77)92/h1-60H. The van der Waals surface area contributed by atoms with Gasteiger partial charge in [-0.25, -0.2) is 9.97 Å². The maximum absolute atomic E-state index is 5.49. The van der Waals surface area contributed by atoms with Crippen molar-refractivity contribution in [1.82, 2.24) is 48.2 Å². The van der Waals surface area contributed by atoms with E-state index in [1.807, 2.05) is 102 Å². The van der Waals surface area contributed by atoms with Crippen LogP contribution in [0.4, 0.5) is 0 Å². The zero-order valence-electron chi connectivity index (χ0n) is 60.9. The Labute approximate surface area is 660 Å². The smallest absolute Gasteiger partial charge is 0.238 e. The number of benzene rings is 16. The van der Waals surface area contributed by atoms with Crippen LogP contribution in [-0.2, 0) is 0 Å². The van der Waals surface area contributed by atoms with Gasteiger partial charge < -0.3 is 9.13 Å². The molecule has 0 fully saturated rings. The first-order valence-electron chi connectivity index (χ1n) is 38.3. The Hall–Kier alpha value is -14.8. The lowest BCUT2D eigenvalue weighted by Gasteiger charge is -2.12. The maximum Gasteiger partial charge on any atom is 0.238 e. The average Bonchev–Trinajstić information content (AvgIpc) is 1.57. The molecule has 0 aliphatic carbocycles. The van der Waals surface area contributed by atoms with Gasteiger partial charge in [0.25, 0.3) is 0 Å². The summed E-state index contributed by atoms with van der Waals surface area (Å²) >= 11 is 3.70. The molecule has 8 heterocycles. The molecule has 0 bridgehead atoms. The van der Waals surface area contributed by atoms with Gasteiger partial charge in [0.05, 0.1) is 54.5 Å². The molecule has 10 nitrogen and oxygen atoms in total. The van der Waals surface area contributed by atoms with Crippen molar-refractivity contribution in [2.45, 2.75) is 0 Å². The van der Waals surface area contributed by atoms with Crippen LogP contribution in [0.5, 0.6) is 0 Å². The molecule has 0 aliphatic heterocycles. The number of para-hydroxylation sites is 4. The Kier molecular flexibility index (Phi) is 14.3. The van der Waals surface area contributed by atoms with Crippen LogP contribution >= 0.6 is 22.7 Å². The van der Waals surface area contributed by atoms with Crippen LogP contribution in [-0.4, -0.2) is 48.2 Å². The molecule has 0 spiro atoms. The highest BCUT2D eigenvalue weighted by molar-refractivity contribution is 7.26. The Morgan fingerprint density at radius 1 is 0.184 bits per heavy atom. The summed E-state index contributed by atoms with van der Waals surface area (Å²) in [6, 6.07) is 131. The molecule has 0 saturated carbocycles. The first kappa shape index (κ1) is 64.0. The molecule has 0 amide bonds. The lowest BCUT2D eigenvalue weighted by Crippen LogP contribution is -2.06. The minimum Gasteiger partial charge on any atom is -0.309 e. The monoisotopic (exact) mass is 1490 g/mol. The maximum atomic E-state index is 5.49. The number of thiophene rings is 2. The van der Waals surface area contributed by atoms with E-state index < -0.39 is 0 Å². The third kappa shape index (κ3) is 10.0. The molecule has 24 aromatic rings. The summed E-state index contributed by atoms with van der Waals surface area (Å²) in [5, 5.41) is 14.3. The Morgan fingerprint density at radius 2 is 0.535 bits per heavy atom. The zero-order valence-corrected chi connectivity index (χ0v) is 62.6. The van der Waals surface area contributed by atoms with E-state index in [0.717, 1.165) is 116 Å². The van der Waals surface area contributed by atoms with Crippen LogP contribution in [0.2, 0.25) is 0 Å². The number of fused-ring (bicyclic) bond motifs is 18. The van der Waals surface area contributed by atoms with Crippen molar-refractivity contribution in [3.63, 3.8) is 0 Å². The van der Waals surface area contributed by atoms with Gasteiger partial charge in [-0.05, 0) is 143 Å². The van der Waals surface area contributed by atoms with Gasteiger partial charge in [-0.1, -0.05) is 255 Å². The summed E-state index contributed by atoms with van der Waals surface area (Å²) in [7, 11) is 0. The zero-order chi connectivity index (χ0) is 74.6. The predicted molar refractivity (Wildman–Crippen MR) is 474 cm³/mol. The number of hydrogen-bond donors (Lipinski definition) is 0. The van der Waals surface area contributed by atoms with E-state index in [1.165, 1.54) is 78.6 Å². The predicted octanol–water partition coefficient (Wildman–Crippen LogP) is 26.8. The average molecular weight is 1490 g/mol. The van der Waals surface area contributed by atoms with E-state index in [-0.39, 0.29) is 0 Å². The van der Waals surface area contributed by atoms with E-state index >= 15 is 0 Å². The highest BCUT2D eigenvalue weighted by atomic mass is 32.1. The molecular weight excluding hydrogens is 1430 g/mol. The Balaban J connectivity index is 0.579. The van der Waals surface area contributed by atoms with Crippen LogP contribution in [0.3, 0.4) is 0 Å². The molecule has 0 N–H and O–H groups in total. The lowest BCUT2D eigenvalue weighted by molar-refractivity contribution is 0.953. The molecule has 0 aliphatic rings. The summed E-state index contributed by atoms with van der Waals surface area (Å²) in [6.45, 7) is 0. The van der Waals surface area contributed by atoms with Gasteiger partial charge in [-0.2, -0.15) is 19.9 Å². The van der Waals surface area contributed by atoms with Crippen molar-refractivity contribution in [2.75, 3.05) is 0 Å². The van der Waals surface area contributed by atoms with E-state index in [4.69, 9.17) is 29.9 Å². The van der Waals surface area contributed by atoms with Crippen LogP contribution in [0.25, 0.3) is 230 Å². The molecule has 12 heteroatoms. The van der Waals surface area contributed by atoms with E-state index in [0.29, 0.717) is 35.2 Å². The molecule has 16 aromatic carbocycles. The van der Waals surface area contributed by atoms with Crippen molar-refractivity contribution in [3.8, 4) is 102 Å². The van der Waals surface area contributed by atoms with Gasteiger partial charge in [0.1, 0.15) is 0 Å². The fraction of sp³-hybridized carbons (Fsp3) is 0. The summed E-state index contributed by atoms with van der Waals surface area (Å²) in [6.07, 6.45) is 0. The number of rotatable bonds is 11. The van der Waals surface area contributed by atoms with E-state index in [9.17, 15) is 0 Å². The second kappa shape index (κ2) is 25.4. The normalized spacial score (nSPS) is 12.0. The third-order valence-electron chi connectivity index (χ3n) is 22.9. The topological polar surface area (TPSA) is 97.1 Å².